The molecule has 0 aliphatic rings. The highest BCUT2D eigenvalue weighted by molar-refractivity contribution is 6.17. The maximum absolute atomic E-state index is 13.1. The molecular formula is C21H16O2. The minimum atomic E-state index is 0.0255. The van der Waals surface area contributed by atoms with E-state index in [2.05, 4.69) is 0 Å². The summed E-state index contributed by atoms with van der Waals surface area (Å²) in [5, 5.41) is 3.10. The van der Waals surface area contributed by atoms with Gasteiger partial charge in [0.2, 0.25) is 0 Å². The molecule has 1 heterocycles. The Morgan fingerprint density at radius 2 is 1.65 bits per heavy atom. The third-order valence-electron chi connectivity index (χ3n) is 4.23. The van der Waals surface area contributed by atoms with E-state index in [9.17, 15) is 4.79 Å². The molecule has 0 saturated carbocycles. The van der Waals surface area contributed by atoms with Gasteiger partial charge in [-0.3, -0.25) is 4.79 Å². The fourth-order valence-electron chi connectivity index (χ4n) is 3.07. The number of benzene rings is 3. The Morgan fingerprint density at radius 1 is 0.913 bits per heavy atom. The molecule has 2 heteroatoms. The van der Waals surface area contributed by atoms with Gasteiger partial charge in [0, 0.05) is 17.4 Å². The van der Waals surface area contributed by atoms with Gasteiger partial charge in [0.05, 0.1) is 5.56 Å². The molecule has 0 fully saturated rings. The normalized spacial score (nSPS) is 11.2. The van der Waals surface area contributed by atoms with Crippen LogP contribution in [0.1, 0.15) is 28.6 Å². The van der Waals surface area contributed by atoms with E-state index < -0.39 is 0 Å². The van der Waals surface area contributed by atoms with Gasteiger partial charge >= 0.3 is 0 Å². The third kappa shape index (κ3) is 2.23. The van der Waals surface area contributed by atoms with Gasteiger partial charge in [0.25, 0.3) is 0 Å². The molecule has 1 aromatic heterocycles. The molecule has 4 rings (SSSR count). The van der Waals surface area contributed by atoms with Crippen molar-refractivity contribution in [3.63, 3.8) is 0 Å². The van der Waals surface area contributed by atoms with E-state index in [1.54, 1.807) is 0 Å². The molecule has 0 unspecified atom stereocenters. The summed E-state index contributed by atoms with van der Waals surface area (Å²) >= 11 is 0. The standard InChI is InChI=1S/C21H16O2/c1-2-18-20(17-9-5-6-10-19(17)23-18)21(22)16-12-11-14-7-3-4-8-15(14)13-16/h3-13H,2H2,1H3. The average Bonchev–Trinajstić information content (AvgIpc) is 2.99. The van der Waals surface area contributed by atoms with Gasteiger partial charge in [-0.25, -0.2) is 0 Å². The zero-order valence-corrected chi connectivity index (χ0v) is 12.9. The van der Waals surface area contributed by atoms with Crippen LogP contribution in [0.5, 0.6) is 0 Å². The average molecular weight is 300 g/mol. The van der Waals surface area contributed by atoms with Gasteiger partial charge in [-0.1, -0.05) is 61.5 Å². The fraction of sp³-hybridized carbons (Fsp3) is 0.0952. The van der Waals surface area contributed by atoms with Crippen LogP contribution < -0.4 is 0 Å². The van der Waals surface area contributed by atoms with Crippen molar-refractivity contribution in [3.8, 4) is 0 Å². The summed E-state index contributed by atoms with van der Waals surface area (Å²) in [6.07, 6.45) is 0.698. The second kappa shape index (κ2) is 5.40. The largest absolute Gasteiger partial charge is 0.460 e. The maximum atomic E-state index is 13.1. The third-order valence-corrected chi connectivity index (χ3v) is 4.23. The van der Waals surface area contributed by atoms with Gasteiger partial charge in [-0.05, 0) is 22.9 Å². The van der Waals surface area contributed by atoms with E-state index in [1.807, 2.05) is 73.7 Å². The number of hydrogen-bond acceptors (Lipinski definition) is 2. The van der Waals surface area contributed by atoms with Gasteiger partial charge < -0.3 is 4.42 Å². The van der Waals surface area contributed by atoms with Crippen molar-refractivity contribution in [3.05, 3.63) is 83.6 Å². The Morgan fingerprint density at radius 3 is 2.48 bits per heavy atom. The summed E-state index contributed by atoms with van der Waals surface area (Å²) in [5.41, 5.74) is 2.16. The second-order valence-corrected chi connectivity index (χ2v) is 5.64. The first kappa shape index (κ1) is 13.8. The molecule has 0 spiro atoms. The quantitative estimate of drug-likeness (QED) is 0.475. The number of hydrogen-bond donors (Lipinski definition) is 0. The highest BCUT2D eigenvalue weighted by Gasteiger charge is 2.20. The van der Waals surface area contributed by atoms with Crippen LogP contribution in [0.3, 0.4) is 0 Å². The van der Waals surface area contributed by atoms with E-state index in [0.29, 0.717) is 17.5 Å². The lowest BCUT2D eigenvalue weighted by Crippen LogP contribution is -2.03. The van der Waals surface area contributed by atoms with Crippen molar-refractivity contribution >= 4 is 27.5 Å². The Bertz CT molecular complexity index is 1020. The number of carbonyl (C=O) groups is 1. The maximum Gasteiger partial charge on any atom is 0.197 e. The lowest BCUT2D eigenvalue weighted by Gasteiger charge is -2.04. The Labute approximate surface area is 134 Å². The number of rotatable bonds is 3. The molecule has 0 saturated heterocycles. The fourth-order valence-corrected chi connectivity index (χ4v) is 3.07. The van der Waals surface area contributed by atoms with Gasteiger partial charge in [-0.15, -0.1) is 0 Å². The molecule has 23 heavy (non-hydrogen) atoms. The monoisotopic (exact) mass is 300 g/mol. The van der Waals surface area contributed by atoms with Crippen LogP contribution in [0, 0.1) is 0 Å². The lowest BCUT2D eigenvalue weighted by molar-refractivity contribution is 0.103. The van der Waals surface area contributed by atoms with Crippen LogP contribution in [0.25, 0.3) is 21.7 Å². The van der Waals surface area contributed by atoms with Crippen molar-refractivity contribution < 1.29 is 9.21 Å². The van der Waals surface area contributed by atoms with E-state index in [1.165, 1.54) is 0 Å². The summed E-state index contributed by atoms with van der Waals surface area (Å²) in [5.74, 6) is 0.780. The number of aryl methyl sites for hydroxylation is 1. The number of furan rings is 1. The molecule has 4 aromatic rings. The summed E-state index contributed by atoms with van der Waals surface area (Å²) in [6.45, 7) is 2.01. The molecule has 2 nitrogen and oxygen atoms in total. The van der Waals surface area contributed by atoms with Crippen LogP contribution in [-0.2, 0) is 6.42 Å². The minimum Gasteiger partial charge on any atom is -0.460 e. The molecule has 0 amide bonds. The molecular weight excluding hydrogens is 284 g/mol. The predicted molar refractivity (Wildman–Crippen MR) is 93.0 cm³/mol. The van der Waals surface area contributed by atoms with Crippen molar-refractivity contribution in [1.29, 1.82) is 0 Å². The van der Waals surface area contributed by atoms with E-state index in [4.69, 9.17) is 4.42 Å². The van der Waals surface area contributed by atoms with E-state index >= 15 is 0 Å². The Balaban J connectivity index is 1.90. The molecule has 0 aliphatic carbocycles. The van der Waals surface area contributed by atoms with Crippen molar-refractivity contribution in [2.45, 2.75) is 13.3 Å². The number of carbonyl (C=O) groups excluding carboxylic acids is 1. The molecule has 112 valence electrons. The molecule has 3 aromatic carbocycles. The highest BCUT2D eigenvalue weighted by atomic mass is 16.3. The molecule has 0 bridgehead atoms. The van der Waals surface area contributed by atoms with Crippen LogP contribution in [-0.4, -0.2) is 5.78 Å². The molecule has 0 aliphatic heterocycles. The van der Waals surface area contributed by atoms with E-state index in [0.717, 1.165) is 27.5 Å². The lowest BCUT2D eigenvalue weighted by atomic mass is 9.97. The Kier molecular flexibility index (Phi) is 3.23. The molecule has 0 atom stereocenters. The number of ketones is 1. The van der Waals surface area contributed by atoms with Gasteiger partial charge in [0.15, 0.2) is 5.78 Å². The Hall–Kier alpha value is -2.87. The SMILES string of the molecule is CCc1oc2ccccc2c1C(=O)c1ccc2ccccc2c1. The van der Waals surface area contributed by atoms with Crippen molar-refractivity contribution in [2.75, 3.05) is 0 Å². The second-order valence-electron chi connectivity index (χ2n) is 5.64. The van der Waals surface area contributed by atoms with Crippen molar-refractivity contribution in [2.24, 2.45) is 0 Å². The van der Waals surface area contributed by atoms with Crippen LogP contribution >= 0.6 is 0 Å². The summed E-state index contributed by atoms with van der Waals surface area (Å²) in [6, 6.07) is 21.6. The summed E-state index contributed by atoms with van der Waals surface area (Å²) in [4.78, 5) is 13.1. The first-order chi connectivity index (χ1) is 11.3. The van der Waals surface area contributed by atoms with Crippen LogP contribution in [0.15, 0.2) is 71.1 Å². The smallest absolute Gasteiger partial charge is 0.197 e. The van der Waals surface area contributed by atoms with Crippen molar-refractivity contribution in [1.82, 2.24) is 0 Å². The van der Waals surface area contributed by atoms with Crippen LogP contribution in [0.2, 0.25) is 0 Å². The molecule has 0 radical (unpaired) electrons. The van der Waals surface area contributed by atoms with Gasteiger partial charge in [0.1, 0.15) is 11.3 Å². The summed E-state index contributed by atoms with van der Waals surface area (Å²) < 4.78 is 5.86. The summed E-state index contributed by atoms with van der Waals surface area (Å²) in [7, 11) is 0. The first-order valence-electron chi connectivity index (χ1n) is 7.82. The zero-order valence-electron chi connectivity index (χ0n) is 12.9. The topological polar surface area (TPSA) is 30.2 Å². The predicted octanol–water partition coefficient (Wildman–Crippen LogP) is 5.38. The van der Waals surface area contributed by atoms with E-state index in [-0.39, 0.29) is 5.78 Å². The number of para-hydroxylation sites is 1. The van der Waals surface area contributed by atoms with Gasteiger partial charge in [-0.2, -0.15) is 0 Å². The minimum absolute atomic E-state index is 0.0255. The molecule has 0 N–H and O–H groups in total. The highest BCUT2D eigenvalue weighted by Crippen LogP contribution is 2.29. The first-order valence-corrected chi connectivity index (χ1v) is 7.82. The number of fused-ring (bicyclic) bond motifs is 2. The zero-order chi connectivity index (χ0) is 15.8. The van der Waals surface area contributed by atoms with Crippen LogP contribution in [0.4, 0.5) is 0 Å².